The van der Waals surface area contributed by atoms with E-state index in [4.69, 9.17) is 34.8 Å². The SMILES string of the molecule is Fc1cc(-c2ccc(Cl)c(Cl)c2Cl)cnc1F. The van der Waals surface area contributed by atoms with E-state index in [0.717, 1.165) is 6.07 Å². The highest BCUT2D eigenvalue weighted by Crippen LogP contribution is 2.37. The Hall–Kier alpha value is -0.900. The fraction of sp³-hybridized carbons (Fsp3) is 0. The highest BCUT2D eigenvalue weighted by molar-refractivity contribution is 6.49. The molecule has 1 heterocycles. The maximum atomic E-state index is 13.0. The molecule has 0 aliphatic carbocycles. The Morgan fingerprint density at radius 2 is 1.71 bits per heavy atom. The zero-order valence-corrected chi connectivity index (χ0v) is 10.4. The molecule has 0 aliphatic heterocycles. The highest BCUT2D eigenvalue weighted by Gasteiger charge is 2.12. The summed E-state index contributed by atoms with van der Waals surface area (Å²) in [6.45, 7) is 0. The van der Waals surface area contributed by atoms with Crippen molar-refractivity contribution in [3.8, 4) is 11.1 Å². The van der Waals surface area contributed by atoms with Crippen LogP contribution in [0.25, 0.3) is 11.1 Å². The van der Waals surface area contributed by atoms with Crippen molar-refractivity contribution in [3.05, 3.63) is 51.2 Å². The summed E-state index contributed by atoms with van der Waals surface area (Å²) in [5.74, 6) is -2.21. The topological polar surface area (TPSA) is 12.9 Å². The standard InChI is InChI=1S/C11H4Cl3F2N/c12-7-2-1-6(9(13)10(7)14)5-3-8(15)11(16)17-4-5/h1-4H. The Labute approximate surface area is 111 Å². The average Bonchev–Trinajstić information content (AvgIpc) is 2.30. The second-order valence-electron chi connectivity index (χ2n) is 3.22. The van der Waals surface area contributed by atoms with E-state index in [1.54, 1.807) is 6.07 Å². The predicted molar refractivity (Wildman–Crippen MR) is 64.6 cm³/mol. The molecule has 0 N–H and O–H groups in total. The molecule has 6 heteroatoms. The van der Waals surface area contributed by atoms with Crippen LogP contribution in [-0.2, 0) is 0 Å². The minimum Gasteiger partial charge on any atom is -0.225 e. The van der Waals surface area contributed by atoms with Gasteiger partial charge in [-0.1, -0.05) is 40.9 Å². The van der Waals surface area contributed by atoms with Gasteiger partial charge in [0.05, 0.1) is 15.1 Å². The van der Waals surface area contributed by atoms with Gasteiger partial charge < -0.3 is 0 Å². The van der Waals surface area contributed by atoms with E-state index in [1.165, 1.54) is 12.3 Å². The molecule has 0 saturated carbocycles. The van der Waals surface area contributed by atoms with Gasteiger partial charge in [0.1, 0.15) is 0 Å². The van der Waals surface area contributed by atoms with E-state index in [0.29, 0.717) is 11.1 Å². The summed E-state index contributed by atoms with van der Waals surface area (Å²) < 4.78 is 25.7. The van der Waals surface area contributed by atoms with Gasteiger partial charge >= 0.3 is 0 Å². The number of benzene rings is 1. The lowest BCUT2D eigenvalue weighted by atomic mass is 10.1. The highest BCUT2D eigenvalue weighted by atomic mass is 35.5. The first-order valence-corrected chi connectivity index (χ1v) is 5.59. The number of aromatic nitrogens is 1. The van der Waals surface area contributed by atoms with Gasteiger partial charge in [0, 0.05) is 17.3 Å². The number of nitrogens with zero attached hydrogens (tertiary/aromatic N) is 1. The summed E-state index contributed by atoms with van der Waals surface area (Å²) in [7, 11) is 0. The van der Waals surface area contributed by atoms with Crippen molar-refractivity contribution in [1.29, 1.82) is 0 Å². The van der Waals surface area contributed by atoms with E-state index in [1.807, 2.05) is 0 Å². The van der Waals surface area contributed by atoms with E-state index < -0.39 is 11.8 Å². The van der Waals surface area contributed by atoms with Crippen LogP contribution < -0.4 is 0 Å². The second-order valence-corrected chi connectivity index (χ2v) is 4.38. The third-order valence-electron chi connectivity index (χ3n) is 2.14. The molecule has 1 aromatic carbocycles. The quantitative estimate of drug-likeness (QED) is 0.533. The van der Waals surface area contributed by atoms with Gasteiger partial charge in [-0.3, -0.25) is 0 Å². The van der Waals surface area contributed by atoms with Crippen LogP contribution in [0.2, 0.25) is 15.1 Å². The number of halogens is 5. The van der Waals surface area contributed by atoms with Crippen LogP contribution in [0, 0.1) is 11.8 Å². The molecule has 0 saturated heterocycles. The molecule has 2 rings (SSSR count). The van der Waals surface area contributed by atoms with Gasteiger partial charge in [-0.05, 0) is 12.1 Å². The first-order chi connectivity index (χ1) is 8.00. The molecule has 0 amide bonds. The number of hydrogen-bond donors (Lipinski definition) is 0. The Kier molecular flexibility index (Phi) is 3.52. The van der Waals surface area contributed by atoms with Crippen molar-refractivity contribution >= 4 is 34.8 Å². The molecule has 0 unspecified atom stereocenters. The van der Waals surface area contributed by atoms with E-state index in [9.17, 15) is 8.78 Å². The summed E-state index contributed by atoms with van der Waals surface area (Å²) >= 11 is 17.6. The molecule has 0 spiro atoms. The normalized spacial score (nSPS) is 10.6. The van der Waals surface area contributed by atoms with Crippen molar-refractivity contribution in [3.63, 3.8) is 0 Å². The molecule has 0 radical (unpaired) electrons. The monoisotopic (exact) mass is 293 g/mol. The minimum absolute atomic E-state index is 0.163. The van der Waals surface area contributed by atoms with Gasteiger partial charge in [-0.15, -0.1) is 0 Å². The summed E-state index contributed by atoms with van der Waals surface area (Å²) in [6, 6.07) is 4.07. The predicted octanol–water partition coefficient (Wildman–Crippen LogP) is 4.99. The van der Waals surface area contributed by atoms with Crippen molar-refractivity contribution in [2.75, 3.05) is 0 Å². The molecule has 88 valence electrons. The zero-order chi connectivity index (χ0) is 12.6. The van der Waals surface area contributed by atoms with E-state index in [-0.39, 0.29) is 15.1 Å². The molecule has 0 bridgehead atoms. The number of rotatable bonds is 1. The molecule has 17 heavy (non-hydrogen) atoms. The van der Waals surface area contributed by atoms with Gasteiger partial charge in [0.2, 0.25) is 5.95 Å². The summed E-state index contributed by atoms with van der Waals surface area (Å²) in [4.78, 5) is 3.27. The first-order valence-electron chi connectivity index (χ1n) is 4.45. The lowest BCUT2D eigenvalue weighted by molar-refractivity contribution is 0.480. The summed E-state index contributed by atoms with van der Waals surface area (Å²) in [6.07, 6.45) is 1.17. The fourth-order valence-electron chi connectivity index (χ4n) is 1.32. The van der Waals surface area contributed by atoms with Crippen LogP contribution in [0.1, 0.15) is 0 Å². The maximum Gasteiger partial charge on any atom is 0.248 e. The third-order valence-corrected chi connectivity index (χ3v) is 3.44. The summed E-state index contributed by atoms with van der Waals surface area (Å²) in [5, 5.41) is 0.624. The van der Waals surface area contributed by atoms with Crippen molar-refractivity contribution in [2.45, 2.75) is 0 Å². The van der Waals surface area contributed by atoms with Gasteiger partial charge in [-0.25, -0.2) is 9.37 Å². The second kappa shape index (κ2) is 4.77. The fourth-order valence-corrected chi connectivity index (χ4v) is 1.96. The van der Waals surface area contributed by atoms with Crippen molar-refractivity contribution < 1.29 is 8.78 Å². The molecular formula is C11H4Cl3F2N. The Balaban J connectivity index is 2.61. The van der Waals surface area contributed by atoms with Crippen LogP contribution in [0.3, 0.4) is 0 Å². The lowest BCUT2D eigenvalue weighted by Crippen LogP contribution is -1.91. The Morgan fingerprint density at radius 3 is 2.35 bits per heavy atom. The van der Waals surface area contributed by atoms with Crippen molar-refractivity contribution in [2.24, 2.45) is 0 Å². The van der Waals surface area contributed by atoms with Gasteiger partial charge in [0.15, 0.2) is 5.82 Å². The Morgan fingerprint density at radius 1 is 1.00 bits per heavy atom. The van der Waals surface area contributed by atoms with Crippen LogP contribution >= 0.6 is 34.8 Å². The maximum absolute atomic E-state index is 13.0. The van der Waals surface area contributed by atoms with E-state index >= 15 is 0 Å². The smallest absolute Gasteiger partial charge is 0.225 e. The molecule has 1 nitrogen and oxygen atoms in total. The number of hydrogen-bond acceptors (Lipinski definition) is 1. The molecular weight excluding hydrogens is 290 g/mol. The van der Waals surface area contributed by atoms with Gasteiger partial charge in [0.25, 0.3) is 0 Å². The summed E-state index contributed by atoms with van der Waals surface area (Å²) in [5.41, 5.74) is 0.764. The van der Waals surface area contributed by atoms with Crippen LogP contribution in [0.5, 0.6) is 0 Å². The lowest BCUT2D eigenvalue weighted by Gasteiger charge is -2.07. The zero-order valence-electron chi connectivity index (χ0n) is 8.15. The molecule has 2 aromatic rings. The van der Waals surface area contributed by atoms with Crippen LogP contribution in [-0.4, -0.2) is 4.98 Å². The average molecular weight is 295 g/mol. The third kappa shape index (κ3) is 2.37. The number of pyridine rings is 1. The largest absolute Gasteiger partial charge is 0.248 e. The molecule has 0 fully saturated rings. The first kappa shape index (κ1) is 12.6. The Bertz CT molecular complexity index is 587. The van der Waals surface area contributed by atoms with Crippen LogP contribution in [0.4, 0.5) is 8.78 Å². The van der Waals surface area contributed by atoms with Crippen molar-refractivity contribution in [1.82, 2.24) is 4.98 Å². The van der Waals surface area contributed by atoms with Crippen LogP contribution in [0.15, 0.2) is 24.4 Å². The molecule has 1 aromatic heterocycles. The molecule has 0 atom stereocenters. The van der Waals surface area contributed by atoms with Gasteiger partial charge in [-0.2, -0.15) is 4.39 Å². The van der Waals surface area contributed by atoms with E-state index in [2.05, 4.69) is 4.98 Å². The minimum atomic E-state index is -1.16. The molecule has 0 aliphatic rings.